The number of Topliss-reactive ketones (excluding diaryl/α,β-unsaturated/α-hetero) is 1. The number of carboxylic acids is 1. The number of benzene rings is 1. The fourth-order valence-corrected chi connectivity index (χ4v) is 1.36. The zero-order valence-corrected chi connectivity index (χ0v) is 9.81. The molecule has 0 amide bonds. The van der Waals surface area contributed by atoms with E-state index in [0.29, 0.717) is 17.7 Å². The SMILES string of the molecule is CCCCC(=O)c1ccc(OCC(=O)O)cc1. The number of carboxylic acid groups (broad SMARTS) is 1. The molecule has 1 N–H and O–H groups in total. The lowest BCUT2D eigenvalue weighted by atomic mass is 10.1. The van der Waals surface area contributed by atoms with Crippen LogP contribution in [0.2, 0.25) is 0 Å². The van der Waals surface area contributed by atoms with Crippen molar-refractivity contribution in [2.75, 3.05) is 6.61 Å². The summed E-state index contributed by atoms with van der Waals surface area (Å²) in [5, 5.41) is 8.44. The molecule has 0 bridgehead atoms. The van der Waals surface area contributed by atoms with E-state index in [-0.39, 0.29) is 12.4 Å². The maximum Gasteiger partial charge on any atom is 0.341 e. The summed E-state index contributed by atoms with van der Waals surface area (Å²) in [6.45, 7) is 1.67. The van der Waals surface area contributed by atoms with Gasteiger partial charge in [0.15, 0.2) is 12.4 Å². The van der Waals surface area contributed by atoms with Crippen molar-refractivity contribution in [1.82, 2.24) is 0 Å². The zero-order valence-electron chi connectivity index (χ0n) is 9.81. The largest absolute Gasteiger partial charge is 0.482 e. The minimum atomic E-state index is -1.02. The predicted molar refractivity (Wildman–Crippen MR) is 63.4 cm³/mol. The molecule has 0 saturated heterocycles. The van der Waals surface area contributed by atoms with Crippen molar-refractivity contribution in [2.24, 2.45) is 0 Å². The second kappa shape index (κ2) is 6.68. The van der Waals surface area contributed by atoms with Crippen molar-refractivity contribution < 1.29 is 19.4 Å². The summed E-state index contributed by atoms with van der Waals surface area (Å²) in [6.07, 6.45) is 2.42. The Morgan fingerprint density at radius 3 is 2.41 bits per heavy atom. The smallest absolute Gasteiger partial charge is 0.341 e. The van der Waals surface area contributed by atoms with Crippen molar-refractivity contribution >= 4 is 11.8 Å². The van der Waals surface area contributed by atoms with Gasteiger partial charge in [0, 0.05) is 12.0 Å². The third-order valence-electron chi connectivity index (χ3n) is 2.30. The van der Waals surface area contributed by atoms with Crippen LogP contribution >= 0.6 is 0 Å². The van der Waals surface area contributed by atoms with Crippen LogP contribution in [-0.4, -0.2) is 23.5 Å². The summed E-state index contributed by atoms with van der Waals surface area (Å²) in [5.41, 5.74) is 0.640. The molecule has 0 unspecified atom stereocenters. The van der Waals surface area contributed by atoms with E-state index in [0.717, 1.165) is 12.8 Å². The Balaban J connectivity index is 2.55. The second-order valence-corrected chi connectivity index (χ2v) is 3.73. The van der Waals surface area contributed by atoms with Gasteiger partial charge in [0.25, 0.3) is 0 Å². The molecule has 0 aromatic heterocycles. The molecule has 0 aliphatic carbocycles. The molecule has 0 spiro atoms. The molecule has 0 saturated carbocycles. The van der Waals surface area contributed by atoms with Gasteiger partial charge in [-0.15, -0.1) is 0 Å². The minimum Gasteiger partial charge on any atom is -0.482 e. The average molecular weight is 236 g/mol. The maximum absolute atomic E-state index is 11.6. The molecular formula is C13H16O4. The first-order chi connectivity index (χ1) is 8.13. The molecule has 0 aliphatic rings. The quantitative estimate of drug-likeness (QED) is 0.739. The van der Waals surface area contributed by atoms with Gasteiger partial charge in [-0.1, -0.05) is 13.3 Å². The number of unbranched alkanes of at least 4 members (excludes halogenated alkanes) is 1. The number of carbonyl (C=O) groups excluding carboxylic acids is 1. The minimum absolute atomic E-state index is 0.108. The van der Waals surface area contributed by atoms with E-state index in [2.05, 4.69) is 0 Å². The Bertz CT molecular complexity index is 381. The van der Waals surface area contributed by atoms with E-state index < -0.39 is 5.97 Å². The van der Waals surface area contributed by atoms with E-state index in [4.69, 9.17) is 9.84 Å². The Morgan fingerprint density at radius 1 is 1.24 bits per heavy atom. The highest BCUT2D eigenvalue weighted by Gasteiger charge is 2.05. The van der Waals surface area contributed by atoms with Gasteiger partial charge >= 0.3 is 5.97 Å². The van der Waals surface area contributed by atoms with E-state index in [9.17, 15) is 9.59 Å². The van der Waals surface area contributed by atoms with Gasteiger partial charge < -0.3 is 9.84 Å². The molecule has 0 radical (unpaired) electrons. The normalized spacial score (nSPS) is 9.94. The highest BCUT2D eigenvalue weighted by Crippen LogP contribution is 2.14. The van der Waals surface area contributed by atoms with Crippen LogP contribution in [0.15, 0.2) is 24.3 Å². The lowest BCUT2D eigenvalue weighted by molar-refractivity contribution is -0.139. The van der Waals surface area contributed by atoms with Crippen molar-refractivity contribution in [3.63, 3.8) is 0 Å². The van der Waals surface area contributed by atoms with Gasteiger partial charge in [0.1, 0.15) is 5.75 Å². The Labute approximate surface area is 100 Å². The van der Waals surface area contributed by atoms with Crippen molar-refractivity contribution in [1.29, 1.82) is 0 Å². The topological polar surface area (TPSA) is 63.6 Å². The molecule has 4 nitrogen and oxygen atoms in total. The summed E-state index contributed by atoms with van der Waals surface area (Å²) in [4.78, 5) is 21.9. The van der Waals surface area contributed by atoms with Crippen LogP contribution in [0.5, 0.6) is 5.75 Å². The molecule has 1 aromatic rings. The van der Waals surface area contributed by atoms with Crippen LogP contribution in [0.25, 0.3) is 0 Å². The van der Waals surface area contributed by atoms with Crippen LogP contribution in [0.4, 0.5) is 0 Å². The van der Waals surface area contributed by atoms with Crippen LogP contribution < -0.4 is 4.74 Å². The highest BCUT2D eigenvalue weighted by atomic mass is 16.5. The number of rotatable bonds is 7. The van der Waals surface area contributed by atoms with E-state index in [1.807, 2.05) is 6.92 Å². The molecule has 1 rings (SSSR count). The Hall–Kier alpha value is -1.84. The Morgan fingerprint density at radius 2 is 1.88 bits per heavy atom. The number of carbonyl (C=O) groups is 2. The molecular weight excluding hydrogens is 220 g/mol. The molecule has 4 heteroatoms. The summed E-state index contributed by atoms with van der Waals surface area (Å²) >= 11 is 0. The molecule has 0 heterocycles. The monoisotopic (exact) mass is 236 g/mol. The van der Waals surface area contributed by atoms with Gasteiger partial charge in [0.05, 0.1) is 0 Å². The van der Waals surface area contributed by atoms with Crippen molar-refractivity contribution in [2.45, 2.75) is 26.2 Å². The first-order valence-corrected chi connectivity index (χ1v) is 5.61. The van der Waals surface area contributed by atoms with Crippen LogP contribution in [0, 0.1) is 0 Å². The van der Waals surface area contributed by atoms with E-state index in [1.165, 1.54) is 0 Å². The molecule has 1 aromatic carbocycles. The van der Waals surface area contributed by atoms with Crippen molar-refractivity contribution in [3.05, 3.63) is 29.8 Å². The fourth-order valence-electron chi connectivity index (χ4n) is 1.36. The fraction of sp³-hybridized carbons (Fsp3) is 0.385. The number of hydrogen-bond donors (Lipinski definition) is 1. The lowest BCUT2D eigenvalue weighted by Crippen LogP contribution is -2.09. The summed E-state index contributed by atoms with van der Waals surface area (Å²) in [6, 6.07) is 6.55. The van der Waals surface area contributed by atoms with Gasteiger partial charge in [-0.3, -0.25) is 4.79 Å². The second-order valence-electron chi connectivity index (χ2n) is 3.73. The van der Waals surface area contributed by atoms with Crippen LogP contribution in [-0.2, 0) is 4.79 Å². The number of ketones is 1. The summed E-state index contributed by atoms with van der Waals surface area (Å²) in [7, 11) is 0. The van der Waals surface area contributed by atoms with Crippen molar-refractivity contribution in [3.8, 4) is 5.75 Å². The zero-order chi connectivity index (χ0) is 12.7. The van der Waals surface area contributed by atoms with E-state index >= 15 is 0 Å². The molecule has 92 valence electrons. The lowest BCUT2D eigenvalue weighted by Gasteiger charge is -2.04. The first-order valence-electron chi connectivity index (χ1n) is 5.61. The van der Waals surface area contributed by atoms with Gasteiger partial charge in [-0.05, 0) is 30.7 Å². The number of aliphatic carboxylic acids is 1. The average Bonchev–Trinajstić information content (AvgIpc) is 2.34. The van der Waals surface area contributed by atoms with Gasteiger partial charge in [0.2, 0.25) is 0 Å². The summed E-state index contributed by atoms with van der Waals surface area (Å²) < 4.78 is 4.97. The van der Waals surface area contributed by atoms with Crippen LogP contribution in [0.3, 0.4) is 0 Å². The Kier molecular flexibility index (Phi) is 5.20. The maximum atomic E-state index is 11.6. The third-order valence-corrected chi connectivity index (χ3v) is 2.30. The molecule has 0 atom stereocenters. The highest BCUT2D eigenvalue weighted by molar-refractivity contribution is 5.96. The third kappa shape index (κ3) is 4.68. The molecule has 0 aliphatic heterocycles. The molecule has 17 heavy (non-hydrogen) atoms. The summed E-state index contributed by atoms with van der Waals surface area (Å²) in [5.74, 6) is -0.454. The first kappa shape index (κ1) is 13.2. The molecule has 0 fully saturated rings. The van der Waals surface area contributed by atoms with Gasteiger partial charge in [-0.2, -0.15) is 0 Å². The standard InChI is InChI=1S/C13H16O4/c1-2-3-4-12(14)10-5-7-11(8-6-10)17-9-13(15)16/h5-8H,2-4,9H2,1H3,(H,15,16). The van der Waals surface area contributed by atoms with Gasteiger partial charge in [-0.25, -0.2) is 4.79 Å². The number of hydrogen-bond acceptors (Lipinski definition) is 3. The predicted octanol–water partition coefficient (Wildman–Crippen LogP) is 2.52. The van der Waals surface area contributed by atoms with E-state index in [1.54, 1.807) is 24.3 Å². The number of ether oxygens (including phenoxy) is 1. The van der Waals surface area contributed by atoms with Crippen LogP contribution in [0.1, 0.15) is 36.5 Å².